The van der Waals surface area contributed by atoms with Crippen molar-refractivity contribution in [3.8, 4) is 0 Å². The molecule has 23 heavy (non-hydrogen) atoms. The maximum atomic E-state index is 14.2. The van der Waals surface area contributed by atoms with Gasteiger partial charge < -0.3 is 15.0 Å². The van der Waals surface area contributed by atoms with Crippen molar-refractivity contribution in [2.75, 3.05) is 36.5 Å². The number of halogens is 4. The molecule has 1 atom stereocenters. The molecule has 1 aromatic rings. The van der Waals surface area contributed by atoms with Crippen LogP contribution >= 0.6 is 0 Å². The molecule has 1 aliphatic heterocycles. The Bertz CT molecular complexity index is 611. The van der Waals surface area contributed by atoms with Crippen LogP contribution in [0.3, 0.4) is 0 Å². The van der Waals surface area contributed by atoms with E-state index in [1.807, 2.05) is 0 Å². The predicted molar refractivity (Wildman–Crippen MR) is 76.2 cm³/mol. The molecule has 130 valence electrons. The third-order valence-corrected chi connectivity index (χ3v) is 3.64. The number of aromatic nitrogens is 2. The van der Waals surface area contributed by atoms with E-state index in [-0.39, 0.29) is 18.2 Å². The van der Waals surface area contributed by atoms with Crippen molar-refractivity contribution in [1.82, 2.24) is 9.55 Å². The van der Waals surface area contributed by atoms with E-state index in [9.17, 15) is 22.4 Å². The van der Waals surface area contributed by atoms with Crippen LogP contribution in [0.4, 0.5) is 29.3 Å². The number of anilines is 2. The molecular weight excluding hydrogens is 320 g/mol. The lowest BCUT2D eigenvalue weighted by atomic mass is 10.2. The summed E-state index contributed by atoms with van der Waals surface area (Å²) in [5, 5.41) is 2.19. The van der Waals surface area contributed by atoms with E-state index in [1.165, 1.54) is 18.9 Å². The molecular formula is C13H18F4N4O2. The van der Waals surface area contributed by atoms with Gasteiger partial charge in [-0.1, -0.05) is 6.92 Å². The largest absolute Gasteiger partial charge is 0.408 e. The van der Waals surface area contributed by atoms with Crippen molar-refractivity contribution < 1.29 is 22.3 Å². The average molecular weight is 338 g/mol. The highest BCUT2D eigenvalue weighted by Crippen LogP contribution is 2.26. The van der Waals surface area contributed by atoms with Gasteiger partial charge in [-0.15, -0.1) is 0 Å². The van der Waals surface area contributed by atoms with Crippen molar-refractivity contribution in [3.05, 3.63) is 16.2 Å². The Kier molecular flexibility index (Phi) is 5.12. The molecule has 1 aliphatic rings. The lowest BCUT2D eigenvalue weighted by Gasteiger charge is -2.29. The first-order chi connectivity index (χ1) is 10.8. The van der Waals surface area contributed by atoms with Gasteiger partial charge in [-0.05, 0) is 6.42 Å². The molecule has 0 unspecified atom stereocenters. The Morgan fingerprint density at radius 2 is 1.96 bits per heavy atom. The number of alkyl halides is 3. The first-order valence-corrected chi connectivity index (χ1v) is 7.18. The van der Waals surface area contributed by atoms with Gasteiger partial charge in [-0.2, -0.15) is 22.5 Å². The van der Waals surface area contributed by atoms with Gasteiger partial charge in [-0.25, -0.2) is 0 Å². The van der Waals surface area contributed by atoms with E-state index in [0.29, 0.717) is 26.3 Å². The molecule has 0 saturated carbocycles. The monoisotopic (exact) mass is 338 g/mol. The van der Waals surface area contributed by atoms with Gasteiger partial charge in [0.25, 0.3) is 5.56 Å². The Balaban J connectivity index is 2.39. The molecule has 1 aromatic heterocycles. The van der Waals surface area contributed by atoms with E-state index in [1.54, 1.807) is 0 Å². The highest BCUT2D eigenvalue weighted by molar-refractivity contribution is 5.45. The van der Waals surface area contributed by atoms with Crippen LogP contribution in [-0.4, -0.2) is 48.1 Å². The Morgan fingerprint density at radius 3 is 2.48 bits per heavy atom. The molecule has 10 heteroatoms. The maximum absolute atomic E-state index is 14.2. The number of hydrogen-bond acceptors (Lipinski definition) is 5. The van der Waals surface area contributed by atoms with Crippen molar-refractivity contribution in [2.45, 2.75) is 25.6 Å². The molecule has 1 N–H and O–H groups in total. The van der Waals surface area contributed by atoms with Gasteiger partial charge in [0.2, 0.25) is 11.8 Å². The fraction of sp³-hybridized carbons (Fsp3) is 0.692. The number of nitrogens with one attached hydrogen (secondary N) is 1. The minimum Gasteiger partial charge on any atom is -0.378 e. The zero-order valence-corrected chi connectivity index (χ0v) is 12.8. The third-order valence-electron chi connectivity index (χ3n) is 3.64. The van der Waals surface area contributed by atoms with Crippen molar-refractivity contribution in [3.63, 3.8) is 0 Å². The van der Waals surface area contributed by atoms with Gasteiger partial charge >= 0.3 is 6.18 Å². The van der Waals surface area contributed by atoms with Crippen molar-refractivity contribution in [1.29, 1.82) is 0 Å². The third kappa shape index (κ3) is 3.74. The van der Waals surface area contributed by atoms with Gasteiger partial charge in [0.15, 0.2) is 5.82 Å². The van der Waals surface area contributed by atoms with Gasteiger partial charge in [0.05, 0.1) is 13.2 Å². The topological polar surface area (TPSA) is 59.4 Å². The Morgan fingerprint density at radius 1 is 1.35 bits per heavy atom. The summed E-state index contributed by atoms with van der Waals surface area (Å²) in [5.41, 5.74) is -1.03. The summed E-state index contributed by atoms with van der Waals surface area (Å²) in [6.45, 7) is 2.65. The molecule has 1 fully saturated rings. The summed E-state index contributed by atoms with van der Waals surface area (Å²) < 4.78 is 58.7. The van der Waals surface area contributed by atoms with Crippen LogP contribution in [0.1, 0.15) is 13.3 Å². The smallest absolute Gasteiger partial charge is 0.378 e. The van der Waals surface area contributed by atoms with Crippen LogP contribution in [0.5, 0.6) is 0 Å². The summed E-state index contributed by atoms with van der Waals surface area (Å²) in [7, 11) is 1.17. The highest BCUT2D eigenvalue weighted by atomic mass is 19.4. The molecule has 2 rings (SSSR count). The predicted octanol–water partition coefficient (Wildman–Crippen LogP) is 1.51. The van der Waals surface area contributed by atoms with Crippen LogP contribution in [-0.2, 0) is 11.8 Å². The van der Waals surface area contributed by atoms with Gasteiger partial charge in [-0.3, -0.25) is 9.36 Å². The number of hydrogen-bond donors (Lipinski definition) is 1. The molecule has 1 saturated heterocycles. The number of ether oxygens (including phenoxy) is 1. The average Bonchev–Trinajstić information content (AvgIpc) is 2.51. The molecule has 6 nitrogen and oxygen atoms in total. The summed E-state index contributed by atoms with van der Waals surface area (Å²) >= 11 is 0. The molecule has 2 heterocycles. The zero-order chi connectivity index (χ0) is 17.2. The standard InChI is InChI=1S/C13H18F4N4O2/c1-3-8(13(15,16)17)18-12-19-10(9(14)11(22)20(12)2)21-4-6-23-7-5-21/h8H,3-7H2,1-2H3,(H,18,19)/t8-/m0/s1. The molecule has 0 radical (unpaired) electrons. The van der Waals surface area contributed by atoms with Crippen LogP contribution in [0.15, 0.2) is 4.79 Å². The van der Waals surface area contributed by atoms with Gasteiger partial charge in [0.1, 0.15) is 6.04 Å². The quantitative estimate of drug-likeness (QED) is 0.844. The van der Waals surface area contributed by atoms with Crippen LogP contribution < -0.4 is 15.8 Å². The fourth-order valence-corrected chi connectivity index (χ4v) is 2.25. The number of rotatable bonds is 4. The maximum Gasteiger partial charge on any atom is 0.408 e. The number of nitrogens with zero attached hydrogens (tertiary/aromatic N) is 3. The Hall–Kier alpha value is -1.84. The second kappa shape index (κ2) is 6.73. The van der Waals surface area contributed by atoms with E-state index in [2.05, 4.69) is 10.3 Å². The summed E-state index contributed by atoms with van der Waals surface area (Å²) in [6.07, 6.45) is -4.75. The highest BCUT2D eigenvalue weighted by Gasteiger charge is 2.39. The van der Waals surface area contributed by atoms with E-state index >= 15 is 0 Å². The molecule has 0 amide bonds. The van der Waals surface area contributed by atoms with Crippen LogP contribution in [0, 0.1) is 5.82 Å². The fourth-order valence-electron chi connectivity index (χ4n) is 2.25. The van der Waals surface area contributed by atoms with E-state index in [4.69, 9.17) is 4.74 Å². The normalized spacial score (nSPS) is 17.2. The minimum atomic E-state index is -4.50. The lowest BCUT2D eigenvalue weighted by Crippen LogP contribution is -2.41. The second-order valence-electron chi connectivity index (χ2n) is 5.18. The molecule has 0 spiro atoms. The van der Waals surface area contributed by atoms with Gasteiger partial charge in [0, 0.05) is 20.1 Å². The van der Waals surface area contributed by atoms with Crippen LogP contribution in [0.2, 0.25) is 0 Å². The van der Waals surface area contributed by atoms with E-state index < -0.39 is 23.6 Å². The molecule has 0 aliphatic carbocycles. The Labute approximate surface area is 130 Å². The minimum absolute atomic E-state index is 0.246. The molecule has 0 bridgehead atoms. The van der Waals surface area contributed by atoms with Crippen molar-refractivity contribution >= 4 is 11.8 Å². The summed E-state index contributed by atoms with van der Waals surface area (Å²) in [6, 6.07) is -1.87. The molecule has 0 aromatic carbocycles. The number of morpholine rings is 1. The lowest BCUT2D eigenvalue weighted by molar-refractivity contribution is -0.143. The zero-order valence-electron chi connectivity index (χ0n) is 12.8. The second-order valence-corrected chi connectivity index (χ2v) is 5.18. The van der Waals surface area contributed by atoms with Crippen molar-refractivity contribution in [2.24, 2.45) is 7.05 Å². The SMILES string of the molecule is CC[C@H](Nc1nc(N2CCOCC2)c(F)c(=O)n1C)C(F)(F)F. The summed E-state index contributed by atoms with van der Waals surface area (Å²) in [4.78, 5) is 17.3. The summed E-state index contributed by atoms with van der Waals surface area (Å²) in [5.74, 6) is -1.65. The van der Waals surface area contributed by atoms with E-state index in [0.717, 1.165) is 4.57 Å². The first kappa shape index (κ1) is 17.5. The first-order valence-electron chi connectivity index (χ1n) is 7.18. The van der Waals surface area contributed by atoms with Crippen LogP contribution in [0.25, 0.3) is 0 Å².